The average Bonchev–Trinajstić information content (AvgIpc) is 3.37. The highest BCUT2D eigenvalue weighted by molar-refractivity contribution is 5.75. The number of piperazine rings is 1. The van der Waals surface area contributed by atoms with Gasteiger partial charge in [0.05, 0.1) is 12.8 Å². The van der Waals surface area contributed by atoms with Crippen molar-refractivity contribution in [2.45, 2.75) is 13.1 Å². The molecule has 1 saturated heterocycles. The van der Waals surface area contributed by atoms with E-state index < -0.39 is 0 Å². The third kappa shape index (κ3) is 5.01. The number of carbonyl (C=O) groups excluding carboxylic acids is 1. The summed E-state index contributed by atoms with van der Waals surface area (Å²) in [5.74, 6) is 2.58. The number of benzene rings is 2. The second kappa shape index (κ2) is 9.96. The van der Waals surface area contributed by atoms with Crippen LogP contribution in [0.4, 0.5) is 11.5 Å². The summed E-state index contributed by atoms with van der Waals surface area (Å²) in [5.41, 5.74) is 1.62. The molecular formula is C25H27N5O5. The lowest BCUT2D eigenvalue weighted by Gasteiger charge is -2.37. The Morgan fingerprint density at radius 2 is 1.77 bits per heavy atom. The monoisotopic (exact) mass is 477 g/mol. The molecule has 1 amide bonds. The largest absolute Gasteiger partial charge is 0.495 e. The van der Waals surface area contributed by atoms with Gasteiger partial charge >= 0.3 is 0 Å². The van der Waals surface area contributed by atoms with Crippen LogP contribution in [-0.4, -0.2) is 55.8 Å². The van der Waals surface area contributed by atoms with Gasteiger partial charge in [-0.15, -0.1) is 0 Å². The van der Waals surface area contributed by atoms with Gasteiger partial charge in [0, 0.05) is 38.8 Å². The number of nitrogens with one attached hydrogen (secondary N) is 1. The quantitative estimate of drug-likeness (QED) is 0.548. The molecule has 182 valence electrons. The first-order valence-corrected chi connectivity index (χ1v) is 11.5. The normalized spacial score (nSPS) is 14.7. The Bertz CT molecular complexity index is 1270. The number of aromatic nitrogens is 2. The molecule has 10 nitrogen and oxygen atoms in total. The van der Waals surface area contributed by atoms with E-state index in [1.807, 2.05) is 36.4 Å². The van der Waals surface area contributed by atoms with E-state index in [4.69, 9.17) is 14.2 Å². The van der Waals surface area contributed by atoms with Crippen LogP contribution < -0.4 is 34.9 Å². The first-order chi connectivity index (χ1) is 17.1. The van der Waals surface area contributed by atoms with E-state index in [-0.39, 0.29) is 24.8 Å². The highest BCUT2D eigenvalue weighted by Gasteiger charge is 2.21. The van der Waals surface area contributed by atoms with Gasteiger partial charge in [-0.25, -0.2) is 4.68 Å². The molecule has 2 aliphatic heterocycles. The molecule has 0 aliphatic carbocycles. The fraction of sp³-hybridized carbons (Fsp3) is 0.320. The topological polar surface area (TPSA) is 98.2 Å². The van der Waals surface area contributed by atoms with Crippen molar-refractivity contribution in [2.75, 3.05) is 49.9 Å². The Morgan fingerprint density at radius 3 is 2.60 bits per heavy atom. The SMILES string of the molecule is COc1ccccc1N1CCN(c2ccc(=O)n(CC(=O)NCc3ccc4c(c3)OCO4)n2)CC1. The average molecular weight is 478 g/mol. The molecule has 35 heavy (non-hydrogen) atoms. The second-order valence-corrected chi connectivity index (χ2v) is 8.30. The predicted molar refractivity (Wildman–Crippen MR) is 130 cm³/mol. The molecule has 5 rings (SSSR count). The van der Waals surface area contributed by atoms with Crippen LogP contribution in [-0.2, 0) is 17.9 Å². The zero-order valence-corrected chi connectivity index (χ0v) is 19.5. The van der Waals surface area contributed by atoms with E-state index in [0.717, 1.165) is 43.2 Å². The molecule has 10 heteroatoms. The van der Waals surface area contributed by atoms with Crippen LogP contribution in [0.15, 0.2) is 59.4 Å². The smallest absolute Gasteiger partial charge is 0.267 e. The van der Waals surface area contributed by atoms with Gasteiger partial charge in [-0.05, 0) is 35.9 Å². The zero-order chi connectivity index (χ0) is 24.2. The van der Waals surface area contributed by atoms with E-state index in [2.05, 4.69) is 26.3 Å². The van der Waals surface area contributed by atoms with Crippen molar-refractivity contribution < 1.29 is 19.0 Å². The number of hydrogen-bond acceptors (Lipinski definition) is 8. The van der Waals surface area contributed by atoms with Gasteiger partial charge in [-0.3, -0.25) is 9.59 Å². The molecule has 0 spiro atoms. The molecule has 0 saturated carbocycles. The van der Waals surface area contributed by atoms with E-state index >= 15 is 0 Å². The molecule has 0 unspecified atom stereocenters. The minimum atomic E-state index is -0.320. The maximum absolute atomic E-state index is 12.5. The van der Waals surface area contributed by atoms with Crippen molar-refractivity contribution in [3.05, 3.63) is 70.5 Å². The number of anilines is 2. The van der Waals surface area contributed by atoms with Crippen LogP contribution in [0.25, 0.3) is 0 Å². The molecule has 0 bridgehead atoms. The highest BCUT2D eigenvalue weighted by Crippen LogP contribution is 2.32. The maximum Gasteiger partial charge on any atom is 0.267 e. The van der Waals surface area contributed by atoms with Crippen molar-refractivity contribution in [3.8, 4) is 17.2 Å². The standard InChI is InChI=1S/C25H27N5O5/c1-33-20-5-3-2-4-19(20)28-10-12-29(13-11-28)23-8-9-25(32)30(27-23)16-24(31)26-15-18-6-7-21-22(14-18)35-17-34-21/h2-9,14H,10-13,15-17H2,1H3,(H,26,31). The second-order valence-electron chi connectivity index (χ2n) is 8.30. The van der Waals surface area contributed by atoms with E-state index in [1.54, 1.807) is 13.2 Å². The number of hydrogen-bond donors (Lipinski definition) is 1. The van der Waals surface area contributed by atoms with Crippen LogP contribution in [0.5, 0.6) is 17.2 Å². The summed E-state index contributed by atoms with van der Waals surface area (Å²) in [4.78, 5) is 29.3. The van der Waals surface area contributed by atoms with Crippen LogP contribution in [0.2, 0.25) is 0 Å². The molecular weight excluding hydrogens is 450 g/mol. The van der Waals surface area contributed by atoms with Crippen LogP contribution >= 0.6 is 0 Å². The summed E-state index contributed by atoms with van der Waals surface area (Å²) in [7, 11) is 1.67. The summed E-state index contributed by atoms with van der Waals surface area (Å²) in [6.07, 6.45) is 0. The fourth-order valence-electron chi connectivity index (χ4n) is 4.23. The van der Waals surface area contributed by atoms with E-state index in [0.29, 0.717) is 23.9 Å². The van der Waals surface area contributed by atoms with Gasteiger partial charge in [-0.2, -0.15) is 5.10 Å². The molecule has 2 aromatic carbocycles. The summed E-state index contributed by atoms with van der Waals surface area (Å²) in [6, 6.07) is 16.6. The molecule has 0 atom stereocenters. The van der Waals surface area contributed by atoms with Crippen LogP contribution in [0.1, 0.15) is 5.56 Å². The Kier molecular flexibility index (Phi) is 6.42. The Hall–Kier alpha value is -4.21. The Labute approximate surface area is 202 Å². The van der Waals surface area contributed by atoms with Crippen molar-refractivity contribution in [1.82, 2.24) is 15.1 Å². The van der Waals surface area contributed by atoms with Crippen LogP contribution in [0, 0.1) is 0 Å². The van der Waals surface area contributed by atoms with Gasteiger partial charge < -0.3 is 29.3 Å². The first kappa shape index (κ1) is 22.6. The van der Waals surface area contributed by atoms with Gasteiger partial charge in [0.25, 0.3) is 5.56 Å². The molecule has 0 radical (unpaired) electrons. The lowest BCUT2D eigenvalue weighted by Crippen LogP contribution is -2.47. The molecule has 2 aliphatic rings. The third-order valence-electron chi connectivity index (χ3n) is 6.10. The summed E-state index contributed by atoms with van der Waals surface area (Å²) in [5, 5.41) is 7.29. The van der Waals surface area contributed by atoms with Gasteiger partial charge in [0.1, 0.15) is 18.1 Å². The maximum atomic E-state index is 12.5. The predicted octanol–water partition coefficient (Wildman–Crippen LogP) is 1.62. The minimum absolute atomic E-state index is 0.154. The lowest BCUT2D eigenvalue weighted by molar-refractivity contribution is -0.122. The Balaban J connectivity index is 1.19. The lowest BCUT2D eigenvalue weighted by atomic mass is 10.2. The van der Waals surface area contributed by atoms with Crippen molar-refractivity contribution in [2.24, 2.45) is 0 Å². The van der Waals surface area contributed by atoms with E-state index in [9.17, 15) is 9.59 Å². The fourth-order valence-corrected chi connectivity index (χ4v) is 4.23. The van der Waals surface area contributed by atoms with Crippen molar-refractivity contribution in [3.63, 3.8) is 0 Å². The summed E-state index contributed by atoms with van der Waals surface area (Å²) < 4.78 is 17.4. The number of para-hydroxylation sites is 2. The van der Waals surface area contributed by atoms with Crippen molar-refractivity contribution in [1.29, 1.82) is 0 Å². The van der Waals surface area contributed by atoms with Gasteiger partial charge in [0.2, 0.25) is 12.7 Å². The summed E-state index contributed by atoms with van der Waals surface area (Å²) in [6.45, 7) is 3.41. The number of ether oxygens (including phenoxy) is 3. The first-order valence-electron chi connectivity index (χ1n) is 11.5. The van der Waals surface area contributed by atoms with Crippen molar-refractivity contribution >= 4 is 17.4 Å². The highest BCUT2D eigenvalue weighted by atomic mass is 16.7. The third-order valence-corrected chi connectivity index (χ3v) is 6.10. The van der Waals surface area contributed by atoms with Gasteiger partial charge in [0.15, 0.2) is 11.5 Å². The molecule has 1 N–H and O–H groups in total. The molecule has 3 aromatic rings. The number of carbonyl (C=O) groups is 1. The van der Waals surface area contributed by atoms with Crippen LogP contribution in [0.3, 0.4) is 0 Å². The molecule has 1 aromatic heterocycles. The van der Waals surface area contributed by atoms with Gasteiger partial charge in [-0.1, -0.05) is 18.2 Å². The molecule has 3 heterocycles. The Morgan fingerprint density at radius 1 is 1.00 bits per heavy atom. The molecule has 1 fully saturated rings. The number of methoxy groups -OCH3 is 1. The minimum Gasteiger partial charge on any atom is -0.495 e. The summed E-state index contributed by atoms with van der Waals surface area (Å²) >= 11 is 0. The number of rotatable bonds is 7. The van der Waals surface area contributed by atoms with E-state index in [1.165, 1.54) is 10.7 Å². The number of fused-ring (bicyclic) bond motifs is 1. The zero-order valence-electron chi connectivity index (χ0n) is 19.5. The number of nitrogens with zero attached hydrogens (tertiary/aromatic N) is 4. The number of amides is 1.